The monoisotopic (exact) mass is 400 g/mol. The number of benzene rings is 1. The van der Waals surface area contributed by atoms with Crippen molar-refractivity contribution in [3.05, 3.63) is 62.8 Å². The van der Waals surface area contributed by atoms with E-state index in [0.717, 1.165) is 26.1 Å². The van der Waals surface area contributed by atoms with Gasteiger partial charge in [0.05, 0.1) is 7.11 Å². The van der Waals surface area contributed by atoms with Crippen molar-refractivity contribution in [3.63, 3.8) is 0 Å². The molecule has 0 amide bonds. The lowest BCUT2D eigenvalue weighted by molar-refractivity contribution is 0.0893. The number of hydrogen-bond donors (Lipinski definition) is 2. The Bertz CT molecular complexity index is 1310. The number of methoxy groups -OCH3 is 1. The Morgan fingerprint density at radius 2 is 1.83 bits per heavy atom. The summed E-state index contributed by atoms with van der Waals surface area (Å²) in [5.74, 6) is -2.87. The van der Waals surface area contributed by atoms with E-state index in [1.165, 1.54) is 33.3 Å². The van der Waals surface area contributed by atoms with Crippen LogP contribution in [-0.2, 0) is 14.1 Å². The zero-order chi connectivity index (χ0) is 21.5. The first-order valence-electron chi connectivity index (χ1n) is 8.16. The van der Waals surface area contributed by atoms with E-state index in [0.29, 0.717) is 6.08 Å². The van der Waals surface area contributed by atoms with E-state index in [4.69, 9.17) is 4.74 Å². The number of aliphatic hydroxyl groups is 1. The number of carbonyl (C=O) groups is 2. The molecule has 0 unspecified atom stereocenters. The molecule has 2 N–H and O–H groups in total. The van der Waals surface area contributed by atoms with Crippen LogP contribution in [0.4, 0.5) is 0 Å². The largest absolute Gasteiger partial charge is 0.508 e. The first-order valence-corrected chi connectivity index (χ1v) is 8.16. The summed E-state index contributed by atoms with van der Waals surface area (Å²) in [7, 11) is 3.96. The molecule has 150 valence electrons. The number of ketones is 1. The van der Waals surface area contributed by atoms with E-state index < -0.39 is 28.7 Å². The third kappa shape index (κ3) is 3.29. The number of phenols is 1. The highest BCUT2D eigenvalue weighted by molar-refractivity contribution is 6.10. The molecule has 0 aliphatic rings. The molecule has 0 spiro atoms. The van der Waals surface area contributed by atoms with Crippen molar-refractivity contribution >= 4 is 22.9 Å². The van der Waals surface area contributed by atoms with Crippen LogP contribution in [0.25, 0.3) is 11.2 Å². The van der Waals surface area contributed by atoms with Gasteiger partial charge in [0.2, 0.25) is 0 Å². The van der Waals surface area contributed by atoms with Crippen LogP contribution >= 0.6 is 0 Å². The van der Waals surface area contributed by atoms with Gasteiger partial charge in [-0.05, 0) is 12.1 Å². The van der Waals surface area contributed by atoms with Gasteiger partial charge in [-0.1, -0.05) is 0 Å². The molecule has 1 aromatic carbocycles. The third-order valence-corrected chi connectivity index (χ3v) is 4.26. The lowest BCUT2D eigenvalue weighted by Crippen LogP contribution is -2.38. The van der Waals surface area contributed by atoms with Gasteiger partial charge in [0, 0.05) is 31.8 Å². The second kappa shape index (κ2) is 7.11. The molecule has 2 aromatic heterocycles. The third-order valence-electron chi connectivity index (χ3n) is 4.26. The Morgan fingerprint density at radius 1 is 1.14 bits per heavy atom. The van der Waals surface area contributed by atoms with Crippen LogP contribution in [0.3, 0.4) is 0 Å². The number of aryl methyl sites for hydroxylation is 1. The van der Waals surface area contributed by atoms with Crippen molar-refractivity contribution in [2.24, 2.45) is 14.1 Å². The molecule has 11 heteroatoms. The maximum absolute atomic E-state index is 12.6. The number of fused-ring (bicyclic) bond motifs is 1. The molecule has 11 nitrogen and oxygen atoms in total. The van der Waals surface area contributed by atoms with Crippen molar-refractivity contribution in [3.8, 4) is 11.5 Å². The van der Waals surface area contributed by atoms with Crippen molar-refractivity contribution in [2.45, 2.75) is 0 Å². The topological polar surface area (TPSA) is 146 Å². The molecular formula is C18H16N4O7. The Labute approximate surface area is 162 Å². The molecule has 0 saturated heterocycles. The quantitative estimate of drug-likeness (QED) is 0.357. The number of allylic oxidation sites excluding steroid dienone is 2. The van der Waals surface area contributed by atoms with Crippen molar-refractivity contribution in [1.29, 1.82) is 0 Å². The number of aliphatic hydroxyl groups excluding tert-OH is 1. The normalized spacial score (nSPS) is 11.6. The summed E-state index contributed by atoms with van der Waals surface area (Å²) in [5.41, 5.74) is -1.73. The van der Waals surface area contributed by atoms with Crippen molar-refractivity contribution < 1.29 is 24.5 Å². The van der Waals surface area contributed by atoms with Gasteiger partial charge in [-0.15, -0.1) is 0 Å². The lowest BCUT2D eigenvalue weighted by atomic mass is 10.1. The van der Waals surface area contributed by atoms with Gasteiger partial charge in [-0.2, -0.15) is 0 Å². The van der Waals surface area contributed by atoms with E-state index >= 15 is 0 Å². The number of phenolic OH excluding ortho intramolecular Hbond substituents is 1. The molecule has 0 saturated carbocycles. The second-order valence-electron chi connectivity index (χ2n) is 6.11. The Hall–Kier alpha value is -4.15. The fourth-order valence-corrected chi connectivity index (χ4v) is 2.73. The van der Waals surface area contributed by atoms with Crippen LogP contribution in [0.5, 0.6) is 11.5 Å². The maximum atomic E-state index is 12.6. The van der Waals surface area contributed by atoms with Crippen molar-refractivity contribution in [2.75, 3.05) is 7.11 Å². The van der Waals surface area contributed by atoms with E-state index in [2.05, 4.69) is 4.98 Å². The highest BCUT2D eigenvalue weighted by Gasteiger charge is 2.21. The van der Waals surface area contributed by atoms with Crippen LogP contribution in [0.2, 0.25) is 0 Å². The molecule has 0 atom stereocenters. The molecule has 3 aromatic rings. The Kier molecular flexibility index (Phi) is 4.81. The van der Waals surface area contributed by atoms with Crippen LogP contribution < -0.4 is 16.0 Å². The zero-order valence-corrected chi connectivity index (χ0v) is 15.6. The predicted molar refractivity (Wildman–Crippen MR) is 101 cm³/mol. The smallest absolute Gasteiger partial charge is 0.332 e. The molecule has 0 radical (unpaired) electrons. The summed E-state index contributed by atoms with van der Waals surface area (Å²) in [6.07, 6.45) is 1.62. The average molecular weight is 400 g/mol. The van der Waals surface area contributed by atoms with Crippen LogP contribution in [0, 0.1) is 0 Å². The van der Waals surface area contributed by atoms with Crippen LogP contribution in [0.1, 0.15) is 15.2 Å². The SMILES string of the molecule is COc1cc(O)cc(C(=O)/C=C(\O)C(=O)n2cnc3c2c(=O)n(C)c(=O)n3C)c1. The van der Waals surface area contributed by atoms with Gasteiger partial charge < -0.3 is 14.9 Å². The molecular weight excluding hydrogens is 384 g/mol. The number of imidazole rings is 1. The minimum Gasteiger partial charge on any atom is -0.508 e. The number of rotatable bonds is 4. The fraction of sp³-hybridized carbons (Fsp3) is 0.167. The van der Waals surface area contributed by atoms with Crippen LogP contribution in [0.15, 0.2) is 46.0 Å². The first-order chi connectivity index (χ1) is 13.6. The first kappa shape index (κ1) is 19.6. The maximum Gasteiger partial charge on any atom is 0.332 e. The predicted octanol–water partition coefficient (Wildman–Crippen LogP) is 0.113. The summed E-state index contributed by atoms with van der Waals surface area (Å²) in [6.45, 7) is 0. The summed E-state index contributed by atoms with van der Waals surface area (Å²) in [6, 6.07) is 3.73. The van der Waals surface area contributed by atoms with Gasteiger partial charge in [0.15, 0.2) is 22.7 Å². The van der Waals surface area contributed by atoms with Gasteiger partial charge in [0.1, 0.15) is 17.8 Å². The molecule has 0 aliphatic carbocycles. The van der Waals surface area contributed by atoms with Gasteiger partial charge in [-0.25, -0.2) is 9.78 Å². The molecule has 0 fully saturated rings. The highest BCUT2D eigenvalue weighted by atomic mass is 16.5. The number of nitrogens with zero attached hydrogens (tertiary/aromatic N) is 4. The summed E-state index contributed by atoms with van der Waals surface area (Å²) in [4.78, 5) is 53.1. The van der Waals surface area contributed by atoms with E-state index in [1.54, 1.807) is 0 Å². The number of ether oxygens (including phenoxy) is 1. The van der Waals surface area contributed by atoms with Gasteiger partial charge in [0.25, 0.3) is 11.5 Å². The van der Waals surface area contributed by atoms with Crippen LogP contribution in [-0.4, -0.2) is 47.7 Å². The minimum atomic E-state index is -1.09. The number of hydrogen-bond acceptors (Lipinski definition) is 8. The highest BCUT2D eigenvalue weighted by Crippen LogP contribution is 2.22. The second-order valence-corrected chi connectivity index (χ2v) is 6.11. The summed E-state index contributed by atoms with van der Waals surface area (Å²) < 4.78 is 7.57. The standard InChI is InChI=1S/C18H16N4O7/c1-20-15-14(17(27)21(2)18(20)28)22(8-19-15)16(26)13(25)7-12(24)9-4-10(23)6-11(5-9)29-3/h4-8,23,25H,1-3H3/b13-7-. The lowest BCUT2D eigenvalue weighted by Gasteiger charge is -2.06. The zero-order valence-electron chi connectivity index (χ0n) is 15.6. The van der Waals surface area contributed by atoms with Gasteiger partial charge in [-0.3, -0.25) is 28.1 Å². The fourth-order valence-electron chi connectivity index (χ4n) is 2.73. The van der Waals surface area contributed by atoms with Crippen molar-refractivity contribution in [1.82, 2.24) is 18.7 Å². The van der Waals surface area contributed by atoms with E-state index in [1.807, 2.05) is 0 Å². The average Bonchev–Trinajstić information content (AvgIpc) is 3.14. The molecule has 29 heavy (non-hydrogen) atoms. The molecule has 0 aliphatic heterocycles. The number of aromatic nitrogens is 4. The minimum absolute atomic E-state index is 0.0324. The van der Waals surface area contributed by atoms with E-state index in [9.17, 15) is 29.4 Å². The van der Waals surface area contributed by atoms with E-state index in [-0.39, 0.29) is 28.2 Å². The molecule has 0 bridgehead atoms. The molecule has 2 heterocycles. The Balaban J connectivity index is 2.05. The number of carbonyl (C=O) groups excluding carboxylic acids is 2. The summed E-state index contributed by atoms with van der Waals surface area (Å²) in [5, 5.41) is 19.8. The molecule has 3 rings (SSSR count). The van der Waals surface area contributed by atoms with Gasteiger partial charge >= 0.3 is 5.69 Å². The summed E-state index contributed by atoms with van der Waals surface area (Å²) >= 11 is 0. The Morgan fingerprint density at radius 3 is 2.48 bits per heavy atom. The number of aromatic hydroxyl groups is 1.